The van der Waals surface area contributed by atoms with E-state index in [4.69, 9.17) is 13.9 Å². The third-order valence-corrected chi connectivity index (χ3v) is 4.20. The van der Waals surface area contributed by atoms with Crippen LogP contribution in [-0.4, -0.2) is 42.9 Å². The van der Waals surface area contributed by atoms with E-state index in [1.165, 1.54) is 13.4 Å². The van der Waals surface area contributed by atoms with Crippen LogP contribution in [0, 0.1) is 5.92 Å². The molecule has 8 nitrogen and oxygen atoms in total. The average Bonchev–Trinajstić information content (AvgIpc) is 3.31. The first-order valence-electron chi connectivity index (χ1n) is 8.46. The van der Waals surface area contributed by atoms with Crippen molar-refractivity contribution in [1.29, 1.82) is 0 Å². The number of methoxy groups -OCH3 is 1. The van der Waals surface area contributed by atoms with E-state index >= 15 is 0 Å². The number of amides is 2. The molecule has 1 fully saturated rings. The summed E-state index contributed by atoms with van der Waals surface area (Å²) in [7, 11) is 1.50. The first-order valence-corrected chi connectivity index (χ1v) is 8.46. The number of likely N-dealkylation sites (tertiary alicyclic amines) is 1. The highest BCUT2D eigenvalue weighted by atomic mass is 16.5. The van der Waals surface area contributed by atoms with Gasteiger partial charge >= 0.3 is 5.97 Å². The van der Waals surface area contributed by atoms with Crippen molar-refractivity contribution in [3.63, 3.8) is 0 Å². The van der Waals surface area contributed by atoms with Crippen molar-refractivity contribution in [2.75, 3.05) is 25.6 Å². The van der Waals surface area contributed by atoms with Crippen LogP contribution in [0.15, 0.2) is 47.1 Å². The minimum Gasteiger partial charge on any atom is -0.495 e. The summed E-state index contributed by atoms with van der Waals surface area (Å²) in [6, 6.07) is 10.4. The van der Waals surface area contributed by atoms with Gasteiger partial charge in [-0.25, -0.2) is 0 Å². The topological polar surface area (TPSA) is 98.1 Å². The Morgan fingerprint density at radius 3 is 2.81 bits per heavy atom. The molecule has 2 aromatic rings. The highest BCUT2D eigenvalue weighted by molar-refractivity contribution is 5.94. The van der Waals surface area contributed by atoms with Crippen molar-refractivity contribution < 1.29 is 28.3 Å². The first-order chi connectivity index (χ1) is 13.1. The number of carbonyl (C=O) groups is 3. The van der Waals surface area contributed by atoms with E-state index in [9.17, 15) is 14.4 Å². The smallest absolute Gasteiger partial charge is 0.311 e. The van der Waals surface area contributed by atoms with Gasteiger partial charge in [-0.15, -0.1) is 0 Å². The van der Waals surface area contributed by atoms with E-state index in [2.05, 4.69) is 5.32 Å². The summed E-state index contributed by atoms with van der Waals surface area (Å²) in [4.78, 5) is 37.8. The highest BCUT2D eigenvalue weighted by Crippen LogP contribution is 2.23. The van der Waals surface area contributed by atoms with Gasteiger partial charge in [0.2, 0.25) is 5.91 Å². The maximum Gasteiger partial charge on any atom is 0.311 e. The van der Waals surface area contributed by atoms with Gasteiger partial charge in [-0.1, -0.05) is 12.1 Å². The molecule has 0 saturated carbocycles. The molecule has 0 bridgehead atoms. The number of furan rings is 1. The molecule has 3 rings (SSSR count). The average molecular weight is 372 g/mol. The van der Waals surface area contributed by atoms with E-state index in [0.29, 0.717) is 23.7 Å². The quantitative estimate of drug-likeness (QED) is 0.745. The van der Waals surface area contributed by atoms with Crippen LogP contribution in [0.2, 0.25) is 0 Å². The van der Waals surface area contributed by atoms with E-state index in [0.717, 1.165) is 0 Å². The predicted molar refractivity (Wildman–Crippen MR) is 94.8 cm³/mol. The van der Waals surface area contributed by atoms with Gasteiger partial charge in [0, 0.05) is 13.0 Å². The molecule has 8 heteroatoms. The highest BCUT2D eigenvalue weighted by Gasteiger charge is 2.35. The van der Waals surface area contributed by atoms with Gasteiger partial charge in [0.25, 0.3) is 5.91 Å². The first kappa shape index (κ1) is 18.5. The second-order valence-electron chi connectivity index (χ2n) is 6.11. The minimum absolute atomic E-state index is 0.0632. The molecule has 2 heterocycles. The third-order valence-electron chi connectivity index (χ3n) is 4.20. The Bertz CT molecular complexity index is 817. The third kappa shape index (κ3) is 4.66. The summed E-state index contributed by atoms with van der Waals surface area (Å²) in [5.41, 5.74) is 0.488. The van der Waals surface area contributed by atoms with Gasteiger partial charge in [0.15, 0.2) is 6.61 Å². The predicted octanol–water partition coefficient (Wildman–Crippen LogP) is 1.82. The summed E-state index contributed by atoms with van der Waals surface area (Å²) in [6.07, 6.45) is 1.59. The molecule has 1 aliphatic rings. The van der Waals surface area contributed by atoms with Gasteiger partial charge in [0.1, 0.15) is 11.5 Å². The number of benzene rings is 1. The summed E-state index contributed by atoms with van der Waals surface area (Å²) < 4.78 is 15.4. The fourth-order valence-corrected chi connectivity index (χ4v) is 2.86. The van der Waals surface area contributed by atoms with Crippen molar-refractivity contribution in [3.05, 3.63) is 48.4 Å². The van der Waals surface area contributed by atoms with E-state index in [-0.39, 0.29) is 18.9 Å². The van der Waals surface area contributed by atoms with Crippen LogP contribution in [0.5, 0.6) is 5.75 Å². The number of anilines is 1. The van der Waals surface area contributed by atoms with Crippen LogP contribution in [0.4, 0.5) is 5.69 Å². The Kier molecular flexibility index (Phi) is 5.75. The molecule has 0 spiro atoms. The lowest BCUT2D eigenvalue weighted by Gasteiger charge is -2.15. The second kappa shape index (κ2) is 8.39. The fourth-order valence-electron chi connectivity index (χ4n) is 2.86. The molecule has 0 unspecified atom stereocenters. The molecule has 0 radical (unpaired) electrons. The maximum absolute atomic E-state index is 12.2. The Morgan fingerprint density at radius 1 is 1.26 bits per heavy atom. The summed E-state index contributed by atoms with van der Waals surface area (Å²) in [6.45, 7) is 0.121. The van der Waals surface area contributed by atoms with Gasteiger partial charge in [0.05, 0.1) is 31.5 Å². The standard InChI is InChI=1S/C19H20N2O6/c1-25-16-7-3-2-6-15(16)20-17(22)12-27-19(24)13-9-18(23)21(10-13)11-14-5-4-8-26-14/h2-8,13H,9-12H2,1H3,(H,20,22)/t13-/m0/s1. The molecule has 1 aliphatic heterocycles. The lowest BCUT2D eigenvalue weighted by atomic mass is 10.1. The van der Waals surface area contributed by atoms with Gasteiger partial charge in [-0.2, -0.15) is 0 Å². The Labute approximate surface area is 156 Å². The van der Waals surface area contributed by atoms with Crippen molar-refractivity contribution >= 4 is 23.5 Å². The molecule has 1 atom stereocenters. The molecular weight excluding hydrogens is 352 g/mol. The monoisotopic (exact) mass is 372 g/mol. The van der Waals surface area contributed by atoms with Crippen molar-refractivity contribution in [2.24, 2.45) is 5.92 Å². The van der Waals surface area contributed by atoms with Gasteiger partial charge in [-0.3, -0.25) is 14.4 Å². The van der Waals surface area contributed by atoms with Crippen LogP contribution < -0.4 is 10.1 Å². The molecular formula is C19H20N2O6. The van der Waals surface area contributed by atoms with Crippen LogP contribution in [0.3, 0.4) is 0 Å². The van der Waals surface area contributed by atoms with Crippen molar-refractivity contribution in [1.82, 2.24) is 4.90 Å². The van der Waals surface area contributed by atoms with Crippen molar-refractivity contribution in [3.8, 4) is 5.75 Å². The Balaban J connectivity index is 1.47. The summed E-state index contributed by atoms with van der Waals surface area (Å²) in [5.74, 6) is -0.635. The summed E-state index contributed by atoms with van der Waals surface area (Å²) >= 11 is 0. The zero-order valence-corrected chi connectivity index (χ0v) is 14.8. The van der Waals surface area contributed by atoms with Gasteiger partial charge in [-0.05, 0) is 24.3 Å². The molecule has 1 N–H and O–H groups in total. The van der Waals surface area contributed by atoms with Crippen LogP contribution in [-0.2, 0) is 25.7 Å². The molecule has 1 saturated heterocycles. The van der Waals surface area contributed by atoms with Crippen molar-refractivity contribution in [2.45, 2.75) is 13.0 Å². The molecule has 1 aromatic heterocycles. The minimum atomic E-state index is -0.591. The molecule has 1 aromatic carbocycles. The van der Waals surface area contributed by atoms with E-state index in [1.807, 2.05) is 0 Å². The van der Waals surface area contributed by atoms with Crippen LogP contribution in [0.25, 0.3) is 0 Å². The Morgan fingerprint density at radius 2 is 2.07 bits per heavy atom. The zero-order valence-electron chi connectivity index (χ0n) is 14.8. The number of hydrogen-bond acceptors (Lipinski definition) is 6. The number of hydrogen-bond donors (Lipinski definition) is 1. The van der Waals surface area contributed by atoms with E-state index in [1.54, 1.807) is 41.3 Å². The van der Waals surface area contributed by atoms with Crippen LogP contribution in [0.1, 0.15) is 12.2 Å². The number of ether oxygens (including phenoxy) is 2. The second-order valence-corrected chi connectivity index (χ2v) is 6.11. The fraction of sp³-hybridized carbons (Fsp3) is 0.316. The van der Waals surface area contributed by atoms with Crippen LogP contribution >= 0.6 is 0 Å². The largest absolute Gasteiger partial charge is 0.495 e. The number of nitrogens with zero attached hydrogens (tertiary/aromatic N) is 1. The Hall–Kier alpha value is -3.29. The number of rotatable bonds is 7. The maximum atomic E-state index is 12.2. The number of esters is 1. The molecule has 27 heavy (non-hydrogen) atoms. The summed E-state index contributed by atoms with van der Waals surface area (Å²) in [5, 5.41) is 2.62. The normalized spacial score (nSPS) is 16.3. The molecule has 0 aliphatic carbocycles. The SMILES string of the molecule is COc1ccccc1NC(=O)COC(=O)[C@H]1CC(=O)N(Cc2ccco2)C1. The molecule has 2 amide bonds. The lowest BCUT2D eigenvalue weighted by molar-refractivity contribution is -0.151. The number of nitrogens with one attached hydrogen (secondary N) is 1. The van der Waals surface area contributed by atoms with Gasteiger partial charge < -0.3 is 24.1 Å². The molecule has 142 valence electrons. The zero-order chi connectivity index (χ0) is 19.2. The number of carbonyl (C=O) groups excluding carboxylic acids is 3. The number of para-hydroxylation sites is 2. The lowest BCUT2D eigenvalue weighted by Crippen LogP contribution is -2.28. The van der Waals surface area contributed by atoms with E-state index < -0.39 is 24.4 Å².